The molecule has 0 unspecified atom stereocenters. The first-order valence-electron chi connectivity index (χ1n) is 8.50. The Balaban J connectivity index is 1.55. The van der Waals surface area contributed by atoms with Crippen LogP contribution in [0.3, 0.4) is 0 Å². The maximum Gasteiger partial charge on any atom is 0.322 e. The van der Waals surface area contributed by atoms with Gasteiger partial charge in [-0.05, 0) is 18.6 Å². The monoisotopic (exact) mass is 394 g/mol. The third-order valence-electron chi connectivity index (χ3n) is 4.10. The van der Waals surface area contributed by atoms with Gasteiger partial charge >= 0.3 is 6.01 Å². The zero-order valence-electron chi connectivity index (χ0n) is 14.8. The van der Waals surface area contributed by atoms with Crippen molar-refractivity contribution < 1.29 is 13.7 Å². The molecule has 1 N–H and O–H groups in total. The lowest BCUT2D eigenvalue weighted by Crippen LogP contribution is -2.13. The topological polar surface area (TPSA) is 94.1 Å². The van der Waals surface area contributed by atoms with Gasteiger partial charge in [-0.3, -0.25) is 10.1 Å². The van der Waals surface area contributed by atoms with E-state index < -0.39 is 5.91 Å². The van der Waals surface area contributed by atoms with E-state index in [1.165, 1.54) is 0 Å². The Morgan fingerprint density at radius 3 is 2.61 bits per heavy atom. The average Bonchev–Trinajstić information content (AvgIpc) is 3.29. The summed E-state index contributed by atoms with van der Waals surface area (Å²) in [7, 11) is 0. The summed E-state index contributed by atoms with van der Waals surface area (Å²) in [6, 6.07) is 16.8. The van der Waals surface area contributed by atoms with Gasteiger partial charge in [-0.1, -0.05) is 70.4 Å². The van der Waals surface area contributed by atoms with Crippen molar-refractivity contribution in [1.82, 2.24) is 15.4 Å². The number of nitrogens with zero attached hydrogens (tertiary/aromatic N) is 3. The second-order valence-electron chi connectivity index (χ2n) is 6.06. The predicted molar refractivity (Wildman–Crippen MR) is 103 cm³/mol. The van der Waals surface area contributed by atoms with Crippen LogP contribution in [0.2, 0.25) is 5.02 Å². The second-order valence-corrected chi connectivity index (χ2v) is 6.47. The summed E-state index contributed by atoms with van der Waals surface area (Å²) in [4.78, 5) is 12.8. The Hall–Kier alpha value is -3.45. The summed E-state index contributed by atoms with van der Waals surface area (Å²) in [5.74, 6) is 0.287. The van der Waals surface area contributed by atoms with E-state index in [-0.39, 0.29) is 11.6 Å². The summed E-state index contributed by atoms with van der Waals surface area (Å²) in [6.45, 7) is 1.65. The molecule has 0 saturated carbocycles. The first-order chi connectivity index (χ1) is 13.6. The van der Waals surface area contributed by atoms with E-state index in [4.69, 9.17) is 20.5 Å². The van der Waals surface area contributed by atoms with Crippen LogP contribution in [-0.4, -0.2) is 21.3 Å². The lowest BCUT2D eigenvalue weighted by atomic mass is 10.1. The van der Waals surface area contributed by atoms with Crippen molar-refractivity contribution in [2.75, 3.05) is 5.32 Å². The number of aromatic nitrogens is 3. The number of carbonyl (C=O) groups is 1. The highest BCUT2D eigenvalue weighted by Crippen LogP contribution is 2.31. The molecule has 0 aliphatic carbocycles. The summed E-state index contributed by atoms with van der Waals surface area (Å²) in [5, 5.41) is 14.9. The number of anilines is 1. The van der Waals surface area contributed by atoms with Crippen molar-refractivity contribution >= 4 is 23.5 Å². The molecule has 0 spiro atoms. The number of halogens is 1. The molecule has 8 heteroatoms. The number of carbonyl (C=O) groups excluding carboxylic acids is 1. The first kappa shape index (κ1) is 17.9. The van der Waals surface area contributed by atoms with Gasteiger partial charge in [0.2, 0.25) is 5.89 Å². The van der Waals surface area contributed by atoms with Gasteiger partial charge in [-0.25, -0.2) is 0 Å². The molecule has 4 aromatic rings. The molecule has 0 atom stereocenters. The van der Waals surface area contributed by atoms with Crippen LogP contribution in [0.25, 0.3) is 11.3 Å². The van der Waals surface area contributed by atoms with Crippen LogP contribution >= 0.6 is 11.6 Å². The third-order valence-corrected chi connectivity index (χ3v) is 4.43. The van der Waals surface area contributed by atoms with Crippen LogP contribution in [0.4, 0.5) is 6.01 Å². The van der Waals surface area contributed by atoms with Crippen molar-refractivity contribution in [2.45, 2.75) is 13.3 Å². The number of benzene rings is 2. The lowest BCUT2D eigenvalue weighted by molar-refractivity contribution is 0.102. The highest BCUT2D eigenvalue weighted by atomic mass is 35.5. The van der Waals surface area contributed by atoms with E-state index >= 15 is 0 Å². The quantitative estimate of drug-likeness (QED) is 0.534. The largest absolute Gasteiger partial charge is 0.407 e. The Morgan fingerprint density at radius 1 is 1.07 bits per heavy atom. The van der Waals surface area contributed by atoms with Crippen LogP contribution in [0, 0.1) is 6.92 Å². The number of nitrogens with one attached hydrogen (secondary N) is 1. The Labute approximate surface area is 165 Å². The minimum Gasteiger partial charge on any atom is -0.407 e. The van der Waals surface area contributed by atoms with E-state index in [9.17, 15) is 4.79 Å². The fourth-order valence-electron chi connectivity index (χ4n) is 2.78. The molecular formula is C20H15ClN4O3. The summed E-state index contributed by atoms with van der Waals surface area (Å²) in [6.07, 6.45) is 0.473. The molecule has 2 aromatic heterocycles. The molecule has 1 amide bonds. The van der Waals surface area contributed by atoms with E-state index in [0.29, 0.717) is 34.4 Å². The number of hydrogen-bond donors (Lipinski definition) is 1. The molecule has 2 heterocycles. The van der Waals surface area contributed by atoms with Crippen molar-refractivity contribution in [3.8, 4) is 11.3 Å². The molecule has 28 heavy (non-hydrogen) atoms. The fourth-order valence-corrected chi connectivity index (χ4v) is 3.01. The molecule has 0 saturated heterocycles. The molecule has 0 aliphatic rings. The standard InChI is InChI=1S/C20H15ClN4O3/c1-12-17(18(25-28-12)14-9-5-6-10-15(14)21)19(26)22-20-24-23-16(27-20)11-13-7-3-2-4-8-13/h2-10H,11H2,1H3,(H,22,24,26). The third kappa shape index (κ3) is 3.65. The highest BCUT2D eigenvalue weighted by molar-refractivity contribution is 6.33. The van der Waals surface area contributed by atoms with Crippen LogP contribution in [0.1, 0.15) is 27.6 Å². The first-order valence-corrected chi connectivity index (χ1v) is 8.88. The minimum atomic E-state index is -0.469. The maximum absolute atomic E-state index is 12.8. The molecule has 140 valence electrons. The van der Waals surface area contributed by atoms with Gasteiger partial charge in [-0.2, -0.15) is 0 Å². The van der Waals surface area contributed by atoms with Gasteiger partial charge in [0, 0.05) is 5.56 Å². The van der Waals surface area contributed by atoms with Crippen molar-refractivity contribution in [3.05, 3.63) is 82.4 Å². The number of amides is 1. The smallest absolute Gasteiger partial charge is 0.322 e. The van der Waals surface area contributed by atoms with Crippen molar-refractivity contribution in [1.29, 1.82) is 0 Å². The zero-order chi connectivity index (χ0) is 19.5. The van der Waals surface area contributed by atoms with Crippen LogP contribution in [0.5, 0.6) is 0 Å². The Morgan fingerprint density at radius 2 is 1.82 bits per heavy atom. The summed E-state index contributed by atoms with van der Waals surface area (Å²) < 4.78 is 10.7. The summed E-state index contributed by atoms with van der Waals surface area (Å²) in [5.41, 5.74) is 2.24. The van der Waals surface area contributed by atoms with Crippen LogP contribution in [0.15, 0.2) is 63.5 Å². The van der Waals surface area contributed by atoms with E-state index in [0.717, 1.165) is 5.56 Å². The molecule has 0 radical (unpaired) electrons. The van der Waals surface area contributed by atoms with Gasteiger partial charge < -0.3 is 8.94 Å². The Kier molecular flexibility index (Phi) is 4.90. The molecular weight excluding hydrogens is 380 g/mol. The van der Waals surface area contributed by atoms with Gasteiger partial charge in [0.25, 0.3) is 5.91 Å². The predicted octanol–water partition coefficient (Wildman–Crippen LogP) is 4.53. The van der Waals surface area contributed by atoms with Crippen LogP contribution in [-0.2, 0) is 6.42 Å². The average molecular weight is 395 g/mol. The molecule has 4 rings (SSSR count). The van der Waals surface area contributed by atoms with E-state index in [1.807, 2.05) is 30.3 Å². The van der Waals surface area contributed by atoms with Crippen molar-refractivity contribution in [2.24, 2.45) is 0 Å². The van der Waals surface area contributed by atoms with Gasteiger partial charge in [0.05, 0.1) is 11.4 Å². The second kappa shape index (κ2) is 7.66. The number of aryl methyl sites for hydroxylation is 1. The molecule has 0 fully saturated rings. The van der Waals surface area contributed by atoms with Gasteiger partial charge in [-0.15, -0.1) is 5.10 Å². The normalized spacial score (nSPS) is 10.8. The Bertz CT molecular complexity index is 1120. The van der Waals surface area contributed by atoms with E-state index in [1.54, 1.807) is 31.2 Å². The van der Waals surface area contributed by atoms with E-state index in [2.05, 4.69) is 20.7 Å². The lowest BCUT2D eigenvalue weighted by Gasteiger charge is -2.03. The highest BCUT2D eigenvalue weighted by Gasteiger charge is 2.24. The SMILES string of the molecule is Cc1onc(-c2ccccc2Cl)c1C(=O)Nc1nnc(Cc2ccccc2)o1. The van der Waals surface area contributed by atoms with Crippen LogP contribution < -0.4 is 5.32 Å². The number of rotatable bonds is 5. The zero-order valence-corrected chi connectivity index (χ0v) is 15.6. The minimum absolute atomic E-state index is 0.00152. The van der Waals surface area contributed by atoms with Gasteiger partial charge in [0.1, 0.15) is 17.0 Å². The fraction of sp³-hybridized carbons (Fsp3) is 0.100. The molecule has 0 aliphatic heterocycles. The molecule has 2 aromatic carbocycles. The molecule has 0 bridgehead atoms. The van der Waals surface area contributed by atoms with Gasteiger partial charge in [0.15, 0.2) is 0 Å². The van der Waals surface area contributed by atoms with Crippen molar-refractivity contribution in [3.63, 3.8) is 0 Å². The maximum atomic E-state index is 12.8. The number of hydrogen-bond acceptors (Lipinski definition) is 6. The summed E-state index contributed by atoms with van der Waals surface area (Å²) >= 11 is 6.23. The molecule has 7 nitrogen and oxygen atoms in total.